The highest BCUT2D eigenvalue weighted by molar-refractivity contribution is 6.33. The number of amides is 1. The van der Waals surface area contributed by atoms with Gasteiger partial charge in [0.2, 0.25) is 0 Å². The highest BCUT2D eigenvalue weighted by Gasteiger charge is 2.15. The fraction of sp³-hybridized carbons (Fsp3) is 0.286. The highest BCUT2D eigenvalue weighted by Crippen LogP contribution is 2.27. The van der Waals surface area contributed by atoms with E-state index in [1.165, 1.54) is 0 Å². The minimum Gasteiger partial charge on any atom is -0.398 e. The average molecular weight is 293 g/mol. The molecule has 0 radical (unpaired) electrons. The number of hydrogen-bond acceptors (Lipinski definition) is 3. The van der Waals surface area contributed by atoms with E-state index in [1.807, 2.05) is 13.8 Å². The van der Waals surface area contributed by atoms with Crippen molar-refractivity contribution in [2.45, 2.75) is 20.3 Å². The molecule has 1 aromatic heterocycles. The van der Waals surface area contributed by atoms with Crippen LogP contribution in [0.1, 0.15) is 28.5 Å². The van der Waals surface area contributed by atoms with Crippen LogP contribution in [0.2, 0.25) is 5.02 Å². The molecule has 0 unspecified atom stereocenters. The van der Waals surface area contributed by atoms with Crippen molar-refractivity contribution in [2.24, 2.45) is 7.05 Å². The number of nitrogen functional groups attached to an aromatic ring is 1. The van der Waals surface area contributed by atoms with Gasteiger partial charge in [0.15, 0.2) is 0 Å². The molecule has 0 saturated carbocycles. The van der Waals surface area contributed by atoms with Gasteiger partial charge in [-0.15, -0.1) is 0 Å². The molecule has 0 aliphatic heterocycles. The van der Waals surface area contributed by atoms with Gasteiger partial charge in [0.25, 0.3) is 5.91 Å². The minimum absolute atomic E-state index is 0.195. The number of benzene rings is 1. The summed E-state index contributed by atoms with van der Waals surface area (Å²) in [6, 6.07) is 3.40. The Balaban J connectivity index is 2.30. The van der Waals surface area contributed by atoms with E-state index < -0.39 is 0 Å². The fourth-order valence-corrected chi connectivity index (χ4v) is 2.18. The molecule has 2 aromatic rings. The number of nitrogens with one attached hydrogen (secondary N) is 1. The van der Waals surface area contributed by atoms with Crippen molar-refractivity contribution in [3.05, 3.63) is 40.2 Å². The van der Waals surface area contributed by atoms with Gasteiger partial charge < -0.3 is 11.1 Å². The third kappa shape index (κ3) is 2.77. The number of hydrogen-bond donors (Lipinski definition) is 2. The summed E-state index contributed by atoms with van der Waals surface area (Å²) >= 11 is 5.99. The van der Waals surface area contributed by atoms with E-state index in [9.17, 15) is 4.79 Å². The van der Waals surface area contributed by atoms with E-state index in [-0.39, 0.29) is 5.91 Å². The number of nitrogens with two attached hydrogens (primary N) is 1. The molecule has 0 saturated heterocycles. The highest BCUT2D eigenvalue weighted by atomic mass is 35.5. The average Bonchev–Trinajstić information content (AvgIpc) is 2.77. The molecule has 0 spiro atoms. The molecule has 20 heavy (non-hydrogen) atoms. The first kappa shape index (κ1) is 14.4. The van der Waals surface area contributed by atoms with Gasteiger partial charge in [0.05, 0.1) is 22.0 Å². The number of carbonyl (C=O) groups is 1. The maximum atomic E-state index is 12.3. The molecular weight excluding hydrogens is 276 g/mol. The monoisotopic (exact) mass is 292 g/mol. The van der Waals surface area contributed by atoms with Crippen molar-refractivity contribution in [2.75, 3.05) is 11.1 Å². The quantitative estimate of drug-likeness (QED) is 0.854. The first-order valence-corrected chi connectivity index (χ1v) is 6.69. The first-order chi connectivity index (χ1) is 9.42. The zero-order valence-corrected chi connectivity index (χ0v) is 12.5. The lowest BCUT2D eigenvalue weighted by atomic mass is 10.1. The minimum atomic E-state index is -0.195. The molecule has 2 rings (SSSR count). The number of nitrogens with zero attached hydrogens (tertiary/aromatic N) is 2. The van der Waals surface area contributed by atoms with Gasteiger partial charge in [-0.1, -0.05) is 18.5 Å². The number of aromatic nitrogens is 2. The van der Waals surface area contributed by atoms with Gasteiger partial charge in [-0.3, -0.25) is 9.48 Å². The Morgan fingerprint density at radius 3 is 2.85 bits per heavy atom. The Bertz CT molecular complexity index is 663. The molecule has 1 aromatic carbocycles. The van der Waals surface area contributed by atoms with Crippen LogP contribution in [0.4, 0.5) is 11.4 Å². The molecular formula is C14H17ClN4O. The second-order valence-electron chi connectivity index (χ2n) is 4.66. The van der Waals surface area contributed by atoms with Crippen molar-refractivity contribution in [1.29, 1.82) is 0 Å². The Labute approximate surface area is 122 Å². The third-order valence-corrected chi connectivity index (χ3v) is 3.40. The molecule has 3 N–H and O–H groups in total. The summed E-state index contributed by atoms with van der Waals surface area (Å²) in [4.78, 5) is 12.3. The number of anilines is 2. The van der Waals surface area contributed by atoms with Crippen molar-refractivity contribution in [1.82, 2.24) is 9.78 Å². The van der Waals surface area contributed by atoms with Crippen molar-refractivity contribution in [3.63, 3.8) is 0 Å². The number of aryl methyl sites for hydroxylation is 3. The zero-order valence-electron chi connectivity index (χ0n) is 11.7. The third-order valence-electron chi connectivity index (χ3n) is 3.08. The van der Waals surface area contributed by atoms with Crippen LogP contribution in [0, 0.1) is 6.92 Å². The summed E-state index contributed by atoms with van der Waals surface area (Å²) in [6.07, 6.45) is 2.41. The van der Waals surface area contributed by atoms with Crippen LogP contribution in [0.3, 0.4) is 0 Å². The van der Waals surface area contributed by atoms with E-state index in [4.69, 9.17) is 17.3 Å². The summed E-state index contributed by atoms with van der Waals surface area (Å²) in [5, 5.41) is 7.53. The molecule has 6 heteroatoms. The van der Waals surface area contributed by atoms with Gasteiger partial charge in [-0.05, 0) is 31.0 Å². The predicted molar refractivity (Wildman–Crippen MR) is 81.1 cm³/mol. The Morgan fingerprint density at radius 1 is 1.50 bits per heavy atom. The smallest absolute Gasteiger partial charge is 0.259 e. The first-order valence-electron chi connectivity index (χ1n) is 6.31. The fourth-order valence-electron chi connectivity index (χ4n) is 2.01. The maximum Gasteiger partial charge on any atom is 0.259 e. The van der Waals surface area contributed by atoms with Gasteiger partial charge >= 0.3 is 0 Å². The van der Waals surface area contributed by atoms with Crippen LogP contribution in [-0.2, 0) is 13.5 Å². The van der Waals surface area contributed by atoms with Crippen LogP contribution >= 0.6 is 11.6 Å². The van der Waals surface area contributed by atoms with E-state index in [0.717, 1.165) is 11.3 Å². The molecule has 1 heterocycles. The Hall–Kier alpha value is -2.01. The molecule has 1 amide bonds. The zero-order chi connectivity index (χ0) is 14.9. The van der Waals surface area contributed by atoms with E-state index in [0.29, 0.717) is 28.4 Å². The van der Waals surface area contributed by atoms with Gasteiger partial charge in [-0.2, -0.15) is 5.10 Å². The molecule has 0 fully saturated rings. The number of carbonyl (C=O) groups excluding carboxylic acids is 1. The van der Waals surface area contributed by atoms with Gasteiger partial charge in [-0.25, -0.2) is 0 Å². The number of halogens is 1. The second kappa shape index (κ2) is 5.54. The summed E-state index contributed by atoms with van der Waals surface area (Å²) in [7, 11) is 1.79. The largest absolute Gasteiger partial charge is 0.398 e. The second-order valence-corrected chi connectivity index (χ2v) is 5.07. The summed E-state index contributed by atoms with van der Waals surface area (Å²) in [6.45, 7) is 3.83. The summed E-state index contributed by atoms with van der Waals surface area (Å²) in [5.74, 6) is -0.195. The predicted octanol–water partition coefficient (Wildman–Crippen LogP) is 2.78. The van der Waals surface area contributed by atoms with Crippen LogP contribution in [-0.4, -0.2) is 15.7 Å². The van der Waals surface area contributed by atoms with E-state index in [2.05, 4.69) is 10.4 Å². The van der Waals surface area contributed by atoms with Crippen molar-refractivity contribution in [3.8, 4) is 0 Å². The van der Waals surface area contributed by atoms with Crippen LogP contribution in [0.15, 0.2) is 18.3 Å². The van der Waals surface area contributed by atoms with Crippen LogP contribution in [0.5, 0.6) is 0 Å². The Kier molecular flexibility index (Phi) is 3.99. The van der Waals surface area contributed by atoms with E-state index in [1.54, 1.807) is 30.1 Å². The lowest BCUT2D eigenvalue weighted by molar-refractivity contribution is 0.102. The lowest BCUT2D eigenvalue weighted by Crippen LogP contribution is -2.14. The molecule has 0 atom stereocenters. The van der Waals surface area contributed by atoms with Crippen molar-refractivity contribution < 1.29 is 4.79 Å². The molecule has 0 aliphatic rings. The van der Waals surface area contributed by atoms with E-state index >= 15 is 0 Å². The van der Waals surface area contributed by atoms with Crippen molar-refractivity contribution >= 4 is 28.9 Å². The van der Waals surface area contributed by atoms with Gasteiger partial charge in [0.1, 0.15) is 0 Å². The molecule has 5 nitrogen and oxygen atoms in total. The maximum absolute atomic E-state index is 12.3. The summed E-state index contributed by atoms with van der Waals surface area (Å²) in [5.41, 5.74) is 9.08. The van der Waals surface area contributed by atoms with Crippen LogP contribution < -0.4 is 11.1 Å². The topological polar surface area (TPSA) is 72.9 Å². The summed E-state index contributed by atoms with van der Waals surface area (Å²) < 4.78 is 1.64. The lowest BCUT2D eigenvalue weighted by Gasteiger charge is -2.10. The Morgan fingerprint density at radius 2 is 2.20 bits per heavy atom. The molecule has 106 valence electrons. The van der Waals surface area contributed by atoms with Crippen LogP contribution in [0.25, 0.3) is 0 Å². The SMILES string of the molecule is CCc1nn(C)cc1C(=O)Nc1cc(Cl)c(N)cc1C. The number of rotatable bonds is 3. The molecule has 0 aliphatic carbocycles. The normalized spacial score (nSPS) is 10.6. The van der Waals surface area contributed by atoms with Gasteiger partial charge in [0, 0.05) is 18.9 Å². The molecule has 0 bridgehead atoms. The standard InChI is InChI=1S/C14H17ClN4O/c1-4-12-9(7-19(3)18-12)14(20)17-13-6-10(15)11(16)5-8(13)2/h5-7H,4,16H2,1-3H3,(H,17,20).